The summed E-state index contributed by atoms with van der Waals surface area (Å²) in [4.78, 5) is 0. The van der Waals surface area contributed by atoms with Gasteiger partial charge in [0.2, 0.25) is 9.05 Å². The quantitative estimate of drug-likeness (QED) is 0.785. The van der Waals surface area contributed by atoms with Crippen molar-refractivity contribution in [1.82, 2.24) is 0 Å². The molecule has 2 nitrogen and oxygen atoms in total. The molecule has 5 heteroatoms. The number of hydrogen-bond donors (Lipinski definition) is 0. The molecule has 0 aliphatic carbocycles. The molecule has 0 unspecified atom stereocenters. The average molecular weight is 275 g/mol. The van der Waals surface area contributed by atoms with Crippen LogP contribution in [0.4, 0.5) is 0 Å². The van der Waals surface area contributed by atoms with E-state index in [0.717, 1.165) is 10.8 Å². The maximum absolute atomic E-state index is 10.9. The van der Waals surface area contributed by atoms with Gasteiger partial charge in [0.15, 0.2) is 0 Å². The molecule has 0 aliphatic heterocycles. The van der Waals surface area contributed by atoms with E-state index in [1.54, 1.807) is 18.2 Å². The summed E-state index contributed by atoms with van der Waals surface area (Å²) in [5.41, 5.74) is 0.671. The van der Waals surface area contributed by atoms with E-state index in [9.17, 15) is 8.42 Å². The second-order valence-corrected chi connectivity index (χ2v) is 6.72. The second kappa shape index (κ2) is 4.24. The number of hydrogen-bond acceptors (Lipinski definition) is 2. The van der Waals surface area contributed by atoms with Gasteiger partial charge >= 0.3 is 0 Å². The first-order valence-electron chi connectivity index (χ1n) is 4.54. The molecule has 16 heavy (non-hydrogen) atoms. The lowest BCUT2D eigenvalue weighted by atomic mass is 10.1. The maximum Gasteiger partial charge on any atom is 0.236 e. The minimum atomic E-state index is -3.51. The largest absolute Gasteiger partial charge is 0.236 e. The molecular weight excluding hydrogens is 267 g/mol. The molecule has 0 spiro atoms. The predicted octanol–water partition coefficient (Wildman–Crippen LogP) is 3.56. The van der Waals surface area contributed by atoms with E-state index >= 15 is 0 Å². The van der Waals surface area contributed by atoms with Crippen LogP contribution >= 0.6 is 22.3 Å². The molecule has 0 fully saturated rings. The smallest absolute Gasteiger partial charge is 0.212 e. The first-order valence-corrected chi connectivity index (χ1v) is 7.40. The Morgan fingerprint density at radius 3 is 2.31 bits per heavy atom. The van der Waals surface area contributed by atoms with Crippen molar-refractivity contribution in [3.05, 3.63) is 47.0 Å². The molecule has 0 saturated heterocycles. The van der Waals surface area contributed by atoms with Crippen LogP contribution in [0.25, 0.3) is 10.8 Å². The normalized spacial score (nSPS) is 11.9. The lowest BCUT2D eigenvalue weighted by Crippen LogP contribution is -1.94. The fourth-order valence-corrected chi connectivity index (χ4v) is 2.69. The van der Waals surface area contributed by atoms with Gasteiger partial charge in [-0.25, -0.2) is 8.42 Å². The molecule has 0 radical (unpaired) electrons. The van der Waals surface area contributed by atoms with Gasteiger partial charge in [0, 0.05) is 15.7 Å². The molecule has 0 N–H and O–H groups in total. The van der Waals surface area contributed by atoms with Crippen molar-refractivity contribution in [1.29, 1.82) is 0 Å². The van der Waals surface area contributed by atoms with Gasteiger partial charge in [0.25, 0.3) is 0 Å². The lowest BCUT2D eigenvalue weighted by Gasteiger charge is -2.02. The van der Waals surface area contributed by atoms with Gasteiger partial charge < -0.3 is 0 Å². The summed E-state index contributed by atoms with van der Waals surface area (Å²) in [6.45, 7) is 0. The first kappa shape index (κ1) is 11.7. The lowest BCUT2D eigenvalue weighted by molar-refractivity contribution is 0.609. The fourth-order valence-electron chi connectivity index (χ4n) is 1.55. The summed E-state index contributed by atoms with van der Waals surface area (Å²) < 4.78 is 21.9. The van der Waals surface area contributed by atoms with Crippen LogP contribution in [0.5, 0.6) is 0 Å². The summed E-state index contributed by atoms with van der Waals surface area (Å²) >= 11 is 5.85. The van der Waals surface area contributed by atoms with E-state index in [0.29, 0.717) is 10.6 Å². The van der Waals surface area contributed by atoms with Gasteiger partial charge in [-0.15, -0.1) is 0 Å². The molecular formula is C11H8Cl2O2S. The monoisotopic (exact) mass is 274 g/mol. The van der Waals surface area contributed by atoms with Gasteiger partial charge in [-0.3, -0.25) is 0 Å². The van der Waals surface area contributed by atoms with E-state index in [1.807, 2.05) is 18.2 Å². The summed E-state index contributed by atoms with van der Waals surface area (Å²) in [5, 5.41) is 2.58. The number of halogens is 2. The van der Waals surface area contributed by atoms with E-state index in [-0.39, 0.29) is 5.75 Å². The third-order valence-electron chi connectivity index (χ3n) is 2.21. The number of fused-ring (bicyclic) bond motifs is 1. The topological polar surface area (TPSA) is 34.1 Å². The van der Waals surface area contributed by atoms with Crippen LogP contribution in [0.3, 0.4) is 0 Å². The summed E-state index contributed by atoms with van der Waals surface area (Å²) in [5.74, 6) is -0.160. The third kappa shape index (κ3) is 2.88. The van der Waals surface area contributed by atoms with Crippen molar-refractivity contribution in [3.8, 4) is 0 Å². The SMILES string of the molecule is O=S(=O)(Cl)Cc1ccc2cc(Cl)ccc2c1. The van der Waals surface area contributed by atoms with Gasteiger partial charge in [-0.1, -0.05) is 35.9 Å². The highest BCUT2D eigenvalue weighted by Gasteiger charge is 2.07. The maximum atomic E-state index is 10.9. The molecule has 0 aromatic heterocycles. The summed E-state index contributed by atoms with van der Waals surface area (Å²) in [7, 11) is 1.69. The number of benzene rings is 2. The van der Waals surface area contributed by atoms with E-state index in [2.05, 4.69) is 0 Å². The standard InChI is InChI=1S/C11H8Cl2O2S/c12-11-4-3-9-5-8(7-16(13,14)15)1-2-10(9)6-11/h1-6H,7H2. The second-order valence-electron chi connectivity index (χ2n) is 3.51. The van der Waals surface area contributed by atoms with Crippen molar-refractivity contribution >= 4 is 42.1 Å². The third-order valence-corrected chi connectivity index (χ3v) is 3.45. The summed E-state index contributed by atoms with van der Waals surface area (Å²) in [6.07, 6.45) is 0. The van der Waals surface area contributed by atoms with Crippen molar-refractivity contribution in [2.75, 3.05) is 0 Å². The first-order chi connectivity index (χ1) is 7.44. The van der Waals surface area contributed by atoms with Gasteiger partial charge in [-0.2, -0.15) is 0 Å². The zero-order valence-electron chi connectivity index (χ0n) is 8.15. The number of rotatable bonds is 2. The zero-order valence-corrected chi connectivity index (χ0v) is 10.5. The molecule has 0 amide bonds. The fraction of sp³-hybridized carbons (Fsp3) is 0.0909. The Labute approximate surface area is 103 Å². The highest BCUT2D eigenvalue weighted by Crippen LogP contribution is 2.21. The van der Waals surface area contributed by atoms with Crippen LogP contribution in [-0.4, -0.2) is 8.42 Å². The minimum Gasteiger partial charge on any atom is -0.212 e. The average Bonchev–Trinajstić information content (AvgIpc) is 2.16. The molecule has 0 bridgehead atoms. The van der Waals surface area contributed by atoms with Crippen LogP contribution in [0.1, 0.15) is 5.56 Å². The Kier molecular flexibility index (Phi) is 3.10. The highest BCUT2D eigenvalue weighted by atomic mass is 35.7. The molecule has 0 saturated carbocycles. The van der Waals surface area contributed by atoms with Crippen LogP contribution in [0.15, 0.2) is 36.4 Å². The molecule has 2 rings (SSSR count). The Morgan fingerprint density at radius 2 is 1.62 bits per heavy atom. The van der Waals surface area contributed by atoms with Crippen molar-refractivity contribution < 1.29 is 8.42 Å². The Morgan fingerprint density at radius 1 is 1.00 bits per heavy atom. The van der Waals surface area contributed by atoms with Crippen molar-refractivity contribution in [3.63, 3.8) is 0 Å². The van der Waals surface area contributed by atoms with Gasteiger partial charge in [0.1, 0.15) is 0 Å². The van der Waals surface area contributed by atoms with Crippen LogP contribution < -0.4 is 0 Å². The van der Waals surface area contributed by atoms with Crippen molar-refractivity contribution in [2.24, 2.45) is 0 Å². The Bertz CT molecular complexity index is 635. The molecule has 0 atom stereocenters. The minimum absolute atomic E-state index is 0.160. The Hall–Kier alpha value is -0.770. The van der Waals surface area contributed by atoms with Gasteiger partial charge in [-0.05, 0) is 28.5 Å². The predicted molar refractivity (Wildman–Crippen MR) is 67.4 cm³/mol. The highest BCUT2D eigenvalue weighted by molar-refractivity contribution is 8.13. The molecule has 0 heterocycles. The molecule has 0 aliphatic rings. The molecule has 2 aromatic carbocycles. The Balaban J connectivity index is 2.49. The van der Waals surface area contributed by atoms with Gasteiger partial charge in [0.05, 0.1) is 5.75 Å². The molecule has 2 aromatic rings. The van der Waals surface area contributed by atoms with E-state index in [1.165, 1.54) is 0 Å². The summed E-state index contributed by atoms with van der Waals surface area (Å²) in [6, 6.07) is 10.8. The van der Waals surface area contributed by atoms with E-state index < -0.39 is 9.05 Å². The van der Waals surface area contributed by atoms with E-state index in [4.69, 9.17) is 22.3 Å². The molecule has 84 valence electrons. The van der Waals surface area contributed by atoms with Crippen LogP contribution in [0, 0.1) is 0 Å². The van der Waals surface area contributed by atoms with Crippen molar-refractivity contribution in [2.45, 2.75) is 5.75 Å². The van der Waals surface area contributed by atoms with Crippen LogP contribution in [-0.2, 0) is 14.8 Å². The van der Waals surface area contributed by atoms with Crippen LogP contribution in [0.2, 0.25) is 5.02 Å². The zero-order chi connectivity index (χ0) is 11.8.